The molecule has 1 aromatic heterocycles. The van der Waals surface area contributed by atoms with Crippen LogP contribution in [0.1, 0.15) is 18.7 Å². The van der Waals surface area contributed by atoms with E-state index in [2.05, 4.69) is 10.1 Å². The lowest BCUT2D eigenvalue weighted by Crippen LogP contribution is -2.47. The third-order valence-electron chi connectivity index (χ3n) is 4.44. The highest BCUT2D eigenvalue weighted by Gasteiger charge is 2.29. The van der Waals surface area contributed by atoms with Crippen LogP contribution in [0.3, 0.4) is 0 Å². The van der Waals surface area contributed by atoms with Crippen LogP contribution < -0.4 is 0 Å². The zero-order valence-corrected chi connectivity index (χ0v) is 13.6. The Morgan fingerprint density at radius 3 is 2.92 bits per heavy atom. The first-order chi connectivity index (χ1) is 12.1. The Balaban J connectivity index is 1.56. The highest BCUT2D eigenvalue weighted by atomic mass is 19.1. The molecular formula is C17H20FN3O4. The van der Waals surface area contributed by atoms with Gasteiger partial charge in [0.05, 0.1) is 11.7 Å². The Morgan fingerprint density at radius 1 is 1.40 bits per heavy atom. The van der Waals surface area contributed by atoms with Crippen molar-refractivity contribution in [3.63, 3.8) is 0 Å². The molecule has 2 N–H and O–H groups in total. The predicted octanol–water partition coefficient (Wildman–Crippen LogP) is 1.01. The van der Waals surface area contributed by atoms with Crippen molar-refractivity contribution in [2.24, 2.45) is 5.92 Å². The molecule has 0 spiro atoms. The molecule has 1 saturated heterocycles. The number of piperidine rings is 1. The summed E-state index contributed by atoms with van der Waals surface area (Å²) in [6.45, 7) is 0.643. The number of hydrogen-bond acceptors (Lipinski definition) is 6. The van der Waals surface area contributed by atoms with E-state index in [-0.39, 0.29) is 55.1 Å². The number of nitrogens with zero attached hydrogens (tertiary/aromatic N) is 3. The van der Waals surface area contributed by atoms with Gasteiger partial charge in [0.1, 0.15) is 5.82 Å². The summed E-state index contributed by atoms with van der Waals surface area (Å²) in [6, 6.07) is 6.13. The van der Waals surface area contributed by atoms with Crippen LogP contribution in [0.2, 0.25) is 0 Å². The number of halogens is 1. The summed E-state index contributed by atoms with van der Waals surface area (Å²) in [4.78, 5) is 17.9. The Hall–Kier alpha value is -2.32. The molecule has 2 atom stereocenters. The van der Waals surface area contributed by atoms with Crippen LogP contribution in [0.4, 0.5) is 4.39 Å². The second kappa shape index (κ2) is 7.71. The molecule has 0 radical (unpaired) electrons. The fourth-order valence-electron chi connectivity index (χ4n) is 2.90. The molecule has 1 fully saturated rings. The molecule has 0 bridgehead atoms. The summed E-state index contributed by atoms with van der Waals surface area (Å²) < 4.78 is 18.8. The number of carbonyl (C=O) groups is 1. The van der Waals surface area contributed by atoms with Gasteiger partial charge >= 0.3 is 0 Å². The molecular weight excluding hydrogens is 329 g/mol. The highest BCUT2D eigenvalue weighted by Crippen LogP contribution is 2.21. The monoisotopic (exact) mass is 349 g/mol. The smallest absolute Gasteiger partial charge is 0.227 e. The van der Waals surface area contributed by atoms with E-state index in [1.54, 1.807) is 23.1 Å². The standard InChI is InChI=1S/C17H20FN3O4/c18-13-4-2-1-3-12(13)17-19-15(25-20-17)5-6-16(24)21-8-7-11(10-22)14(23)9-21/h1-4,11,14,22-23H,5-10H2/t11-,14+/m1/s1. The third kappa shape index (κ3) is 4.02. The summed E-state index contributed by atoms with van der Waals surface area (Å²) in [5, 5.41) is 22.8. The molecule has 2 heterocycles. The molecule has 7 nitrogen and oxygen atoms in total. The van der Waals surface area contributed by atoms with Gasteiger partial charge in [-0.3, -0.25) is 4.79 Å². The average molecular weight is 349 g/mol. The first kappa shape index (κ1) is 17.5. The topological polar surface area (TPSA) is 99.7 Å². The number of hydrogen-bond donors (Lipinski definition) is 2. The van der Waals surface area contributed by atoms with Crippen LogP contribution in [-0.4, -0.2) is 57.0 Å². The SMILES string of the molecule is O=C(CCc1nc(-c2ccccc2F)no1)N1CC[C@H](CO)[C@@H](O)C1. The Bertz CT molecular complexity index is 736. The van der Waals surface area contributed by atoms with Crippen molar-refractivity contribution in [1.29, 1.82) is 0 Å². The van der Waals surface area contributed by atoms with E-state index in [0.717, 1.165) is 0 Å². The molecule has 1 aliphatic heterocycles. The second-order valence-electron chi connectivity index (χ2n) is 6.13. The summed E-state index contributed by atoms with van der Waals surface area (Å²) in [5.74, 6) is -0.326. The van der Waals surface area contributed by atoms with Gasteiger partial charge in [-0.15, -0.1) is 0 Å². The van der Waals surface area contributed by atoms with Crippen molar-refractivity contribution in [2.75, 3.05) is 19.7 Å². The number of amides is 1. The van der Waals surface area contributed by atoms with Gasteiger partial charge in [-0.25, -0.2) is 4.39 Å². The van der Waals surface area contributed by atoms with Crippen molar-refractivity contribution in [3.05, 3.63) is 36.0 Å². The first-order valence-corrected chi connectivity index (χ1v) is 8.22. The zero-order chi connectivity index (χ0) is 17.8. The fourth-order valence-corrected chi connectivity index (χ4v) is 2.90. The minimum Gasteiger partial charge on any atom is -0.396 e. The van der Waals surface area contributed by atoms with Gasteiger partial charge in [0.2, 0.25) is 17.6 Å². The number of aliphatic hydroxyl groups is 2. The highest BCUT2D eigenvalue weighted by molar-refractivity contribution is 5.76. The summed E-state index contributed by atoms with van der Waals surface area (Å²) in [6.07, 6.45) is 0.270. The molecule has 8 heteroatoms. The van der Waals surface area contributed by atoms with E-state index in [1.807, 2.05) is 0 Å². The van der Waals surface area contributed by atoms with E-state index >= 15 is 0 Å². The number of likely N-dealkylation sites (tertiary alicyclic amines) is 1. The Labute approximate surface area is 144 Å². The maximum Gasteiger partial charge on any atom is 0.227 e. The van der Waals surface area contributed by atoms with E-state index in [9.17, 15) is 14.3 Å². The van der Waals surface area contributed by atoms with Gasteiger partial charge in [-0.05, 0) is 18.6 Å². The summed E-state index contributed by atoms with van der Waals surface area (Å²) in [7, 11) is 0. The quantitative estimate of drug-likeness (QED) is 0.836. The molecule has 0 saturated carbocycles. The van der Waals surface area contributed by atoms with E-state index in [1.165, 1.54) is 6.07 Å². The lowest BCUT2D eigenvalue weighted by molar-refractivity contribution is -0.136. The zero-order valence-electron chi connectivity index (χ0n) is 13.6. The lowest BCUT2D eigenvalue weighted by Gasteiger charge is -2.35. The Kier molecular flexibility index (Phi) is 5.40. The Morgan fingerprint density at radius 2 is 2.20 bits per heavy atom. The minimum atomic E-state index is -0.709. The first-order valence-electron chi connectivity index (χ1n) is 8.22. The molecule has 1 aliphatic rings. The largest absolute Gasteiger partial charge is 0.396 e. The van der Waals surface area contributed by atoms with Crippen molar-refractivity contribution in [1.82, 2.24) is 15.0 Å². The molecule has 2 aromatic rings. The van der Waals surface area contributed by atoms with Gasteiger partial charge in [-0.2, -0.15) is 4.98 Å². The van der Waals surface area contributed by atoms with E-state index in [4.69, 9.17) is 9.63 Å². The number of aliphatic hydroxyl groups excluding tert-OH is 2. The van der Waals surface area contributed by atoms with Crippen LogP contribution in [-0.2, 0) is 11.2 Å². The van der Waals surface area contributed by atoms with Crippen LogP contribution in [0, 0.1) is 11.7 Å². The molecule has 1 amide bonds. The number of aryl methyl sites for hydroxylation is 1. The minimum absolute atomic E-state index is 0.0794. The van der Waals surface area contributed by atoms with Crippen molar-refractivity contribution in [3.8, 4) is 11.4 Å². The number of aromatic nitrogens is 2. The molecule has 25 heavy (non-hydrogen) atoms. The van der Waals surface area contributed by atoms with Gasteiger partial charge in [-0.1, -0.05) is 17.3 Å². The molecule has 134 valence electrons. The van der Waals surface area contributed by atoms with Gasteiger partial charge < -0.3 is 19.6 Å². The van der Waals surface area contributed by atoms with Crippen LogP contribution in [0.15, 0.2) is 28.8 Å². The number of carbonyl (C=O) groups excluding carboxylic acids is 1. The molecule has 3 rings (SSSR count). The summed E-state index contributed by atoms with van der Waals surface area (Å²) >= 11 is 0. The van der Waals surface area contributed by atoms with Crippen LogP contribution in [0.5, 0.6) is 0 Å². The van der Waals surface area contributed by atoms with Crippen molar-refractivity contribution < 1.29 is 23.9 Å². The van der Waals surface area contributed by atoms with Crippen molar-refractivity contribution >= 4 is 5.91 Å². The van der Waals surface area contributed by atoms with E-state index in [0.29, 0.717) is 13.0 Å². The van der Waals surface area contributed by atoms with Crippen LogP contribution >= 0.6 is 0 Å². The third-order valence-corrected chi connectivity index (χ3v) is 4.44. The van der Waals surface area contributed by atoms with Crippen LogP contribution in [0.25, 0.3) is 11.4 Å². The molecule has 0 unspecified atom stereocenters. The number of β-amino-alcohol motifs (C(OH)–C–C–N with tert-alkyl or cyclic N) is 1. The molecule has 1 aromatic carbocycles. The summed E-state index contributed by atoms with van der Waals surface area (Å²) in [5.41, 5.74) is 0.248. The van der Waals surface area contributed by atoms with Gasteiger partial charge in [0.25, 0.3) is 0 Å². The number of benzene rings is 1. The maximum absolute atomic E-state index is 13.7. The normalized spacial score (nSPS) is 20.7. The maximum atomic E-state index is 13.7. The lowest BCUT2D eigenvalue weighted by atomic mass is 9.94. The predicted molar refractivity (Wildman–Crippen MR) is 85.8 cm³/mol. The fraction of sp³-hybridized carbons (Fsp3) is 0.471. The van der Waals surface area contributed by atoms with Crippen molar-refractivity contribution in [2.45, 2.75) is 25.4 Å². The van der Waals surface area contributed by atoms with Gasteiger partial charge in [0.15, 0.2) is 0 Å². The average Bonchev–Trinajstić information content (AvgIpc) is 3.08. The van der Waals surface area contributed by atoms with E-state index < -0.39 is 11.9 Å². The molecule has 0 aliphatic carbocycles. The second-order valence-corrected chi connectivity index (χ2v) is 6.13. The van der Waals surface area contributed by atoms with Gasteiger partial charge in [0, 0.05) is 38.5 Å². The number of rotatable bonds is 5.